The van der Waals surface area contributed by atoms with Crippen LogP contribution in [0.15, 0.2) is 122 Å². The Balaban J connectivity index is 3.95. The van der Waals surface area contributed by atoms with Gasteiger partial charge in [0.05, 0.1) is 13.2 Å². The predicted octanol–water partition coefficient (Wildman–Crippen LogP) is 23.9. The Labute approximate surface area is 536 Å². The van der Waals surface area contributed by atoms with Crippen molar-refractivity contribution in [3.05, 3.63) is 122 Å². The molecule has 2 unspecified atom stereocenters. The van der Waals surface area contributed by atoms with Gasteiger partial charge in [-0.05, 0) is 89.9 Å². The largest absolute Gasteiger partial charge is 0.472 e. The fraction of sp³-hybridized carbons (Fsp3) is 0.714. The Hall–Kier alpha value is -3.59. The second-order valence-corrected chi connectivity index (χ2v) is 25.2. The highest BCUT2D eigenvalue weighted by atomic mass is 31.2. The molecular weight excluding hydrogens is 1100 g/mol. The highest BCUT2D eigenvalue weighted by molar-refractivity contribution is 7.47. The molecule has 0 amide bonds. The van der Waals surface area contributed by atoms with Crippen LogP contribution in [0.1, 0.15) is 322 Å². The third-order valence-electron chi connectivity index (χ3n) is 15.4. The third kappa shape index (κ3) is 71.4. The number of hydrogen-bond donors (Lipinski definition) is 2. The van der Waals surface area contributed by atoms with E-state index in [9.17, 15) is 19.0 Å². The number of carbonyl (C=O) groups is 2. The number of esters is 2. The lowest BCUT2D eigenvalue weighted by Gasteiger charge is -2.19. The summed E-state index contributed by atoms with van der Waals surface area (Å²) in [6.45, 7) is 3.65. The molecule has 0 saturated carbocycles. The quantitative estimate of drug-likeness (QED) is 0.0264. The average Bonchev–Trinajstić information content (AvgIpc) is 3.65. The lowest BCUT2D eigenvalue weighted by Crippen LogP contribution is -2.29. The first-order chi connectivity index (χ1) is 42.8. The Kier molecular flexibility index (Phi) is 68.5. The molecule has 10 heteroatoms. The average molecular weight is 1230 g/mol. The minimum absolute atomic E-state index is 0.0465. The van der Waals surface area contributed by atoms with Gasteiger partial charge in [-0.3, -0.25) is 18.6 Å². The molecule has 500 valence electrons. The van der Waals surface area contributed by atoms with E-state index in [0.29, 0.717) is 6.42 Å². The van der Waals surface area contributed by atoms with Crippen molar-refractivity contribution >= 4 is 19.8 Å². The number of hydrogen-bond acceptors (Lipinski definition) is 8. The van der Waals surface area contributed by atoms with Gasteiger partial charge in [0.15, 0.2) is 6.10 Å². The van der Waals surface area contributed by atoms with Gasteiger partial charge in [-0.1, -0.05) is 341 Å². The van der Waals surface area contributed by atoms with Crippen molar-refractivity contribution in [3.63, 3.8) is 0 Å². The third-order valence-corrected chi connectivity index (χ3v) is 16.3. The molecule has 0 radical (unpaired) electrons. The molecule has 2 atom stereocenters. The van der Waals surface area contributed by atoms with Crippen molar-refractivity contribution in [1.82, 2.24) is 0 Å². The second-order valence-electron chi connectivity index (χ2n) is 23.7. The van der Waals surface area contributed by atoms with Crippen LogP contribution in [0.2, 0.25) is 0 Å². The van der Waals surface area contributed by atoms with E-state index in [-0.39, 0.29) is 38.6 Å². The van der Waals surface area contributed by atoms with Crippen molar-refractivity contribution < 1.29 is 37.6 Å². The van der Waals surface area contributed by atoms with Crippen molar-refractivity contribution in [2.24, 2.45) is 5.73 Å². The van der Waals surface area contributed by atoms with Crippen molar-refractivity contribution in [1.29, 1.82) is 0 Å². The molecule has 0 fully saturated rings. The maximum atomic E-state index is 12.8. The molecule has 0 aromatic carbocycles. The van der Waals surface area contributed by atoms with Gasteiger partial charge < -0.3 is 20.1 Å². The van der Waals surface area contributed by atoms with Crippen LogP contribution in [-0.2, 0) is 32.7 Å². The van der Waals surface area contributed by atoms with Crippen LogP contribution in [-0.4, -0.2) is 49.3 Å². The van der Waals surface area contributed by atoms with Crippen LogP contribution in [0.25, 0.3) is 0 Å². The fourth-order valence-corrected chi connectivity index (χ4v) is 10.8. The summed E-state index contributed by atoms with van der Waals surface area (Å²) in [7, 11) is -4.41. The number of rotatable bonds is 67. The molecule has 0 aliphatic heterocycles. The summed E-state index contributed by atoms with van der Waals surface area (Å²) in [5.41, 5.74) is 5.40. The Morgan fingerprint density at radius 3 is 0.943 bits per heavy atom. The zero-order chi connectivity index (χ0) is 63.0. The maximum absolute atomic E-state index is 12.8. The molecule has 0 aromatic heterocycles. The summed E-state index contributed by atoms with van der Waals surface area (Å²) in [6, 6.07) is 0. The van der Waals surface area contributed by atoms with E-state index >= 15 is 0 Å². The monoisotopic (exact) mass is 1230 g/mol. The Bertz CT molecular complexity index is 1840. The molecule has 0 spiro atoms. The first-order valence-electron chi connectivity index (χ1n) is 36.0. The van der Waals surface area contributed by atoms with Gasteiger partial charge in [0.2, 0.25) is 0 Å². The summed E-state index contributed by atoms with van der Waals surface area (Å²) < 4.78 is 33.2. The number of nitrogens with two attached hydrogens (primary N) is 1. The number of phosphoric ester groups is 1. The summed E-state index contributed by atoms with van der Waals surface area (Å²) in [6.07, 6.45) is 100. The van der Waals surface area contributed by atoms with E-state index in [2.05, 4.69) is 135 Å². The van der Waals surface area contributed by atoms with Crippen LogP contribution in [0, 0.1) is 0 Å². The summed E-state index contributed by atoms with van der Waals surface area (Å²) >= 11 is 0. The smallest absolute Gasteiger partial charge is 0.462 e. The topological polar surface area (TPSA) is 134 Å². The number of carbonyl (C=O) groups excluding carboxylic acids is 2. The second kappa shape index (κ2) is 71.5. The van der Waals surface area contributed by atoms with E-state index in [4.69, 9.17) is 24.3 Å². The molecule has 0 heterocycles. The molecule has 0 aliphatic rings. The molecule has 3 N–H and O–H groups in total. The molecule has 0 bridgehead atoms. The highest BCUT2D eigenvalue weighted by Crippen LogP contribution is 2.43. The first-order valence-corrected chi connectivity index (χ1v) is 37.5. The summed E-state index contributed by atoms with van der Waals surface area (Å²) in [5.74, 6) is -0.839. The van der Waals surface area contributed by atoms with E-state index in [0.717, 1.165) is 122 Å². The lowest BCUT2D eigenvalue weighted by atomic mass is 10.0. The van der Waals surface area contributed by atoms with Gasteiger partial charge in [0.25, 0.3) is 0 Å². The lowest BCUT2D eigenvalue weighted by molar-refractivity contribution is -0.161. The van der Waals surface area contributed by atoms with E-state index in [1.54, 1.807) is 0 Å². The van der Waals surface area contributed by atoms with Crippen LogP contribution in [0.4, 0.5) is 0 Å². The molecule has 9 nitrogen and oxygen atoms in total. The standard InChI is InChI=1S/C77H134NO8P/c1-3-5-7-9-11-13-15-17-19-21-23-25-27-29-31-33-34-35-36-37-38-39-40-42-44-46-48-50-52-54-56-58-60-62-64-66-68-70-77(80)86-75(74-85-87(81,82)84-72-71-78)73-83-76(79)69-67-65-63-61-59-57-55-53-51-49-47-45-43-41-32-30-28-26-24-22-20-18-16-14-12-10-8-6-4-2/h5,7,11,13,17,19,23,25,29,31,34-35,37-38,40,42,46,48,52,54,75H,3-4,6,8-10,12,14-16,18,20-22,24,26-28,30,32-33,36,39,41,43-45,47,49-51,53,55-74,78H2,1-2H3,(H,81,82)/b7-5-,13-11-,19-17-,25-23-,31-29-,35-34-,38-37-,42-40-,48-46-,54-52-. The summed E-state index contributed by atoms with van der Waals surface area (Å²) in [4.78, 5) is 35.4. The van der Waals surface area contributed by atoms with E-state index in [1.807, 2.05) is 0 Å². The van der Waals surface area contributed by atoms with Crippen molar-refractivity contribution in [2.45, 2.75) is 328 Å². The molecule has 0 aliphatic carbocycles. The number of unbranched alkanes of at least 4 members (excludes halogenated alkanes) is 34. The number of allylic oxidation sites excluding steroid dienone is 20. The van der Waals surface area contributed by atoms with Gasteiger partial charge >= 0.3 is 19.8 Å². The first kappa shape index (κ1) is 83.4. The van der Waals surface area contributed by atoms with Crippen LogP contribution >= 0.6 is 7.82 Å². The zero-order valence-corrected chi connectivity index (χ0v) is 57.1. The molecule has 0 saturated heterocycles. The molecule has 0 rings (SSSR count). The molecule has 87 heavy (non-hydrogen) atoms. The Morgan fingerprint density at radius 1 is 0.356 bits per heavy atom. The van der Waals surface area contributed by atoms with Gasteiger partial charge in [0.1, 0.15) is 6.61 Å². The number of phosphoric acid groups is 1. The van der Waals surface area contributed by atoms with Gasteiger partial charge in [-0.15, -0.1) is 0 Å². The van der Waals surface area contributed by atoms with Gasteiger partial charge in [-0.2, -0.15) is 0 Å². The molecule has 0 aromatic rings. The SMILES string of the molecule is CC/C=C\C/C=C\C/C=C\C/C=C\C/C=C\C/C=C\C/C=C\C/C=C\C/C=C\C/C=C\CCCCCCCCC(=O)OC(COC(=O)CCCCCCCCCCCCCCCCCCCCCCCCCCCCCCC)COP(=O)(O)OCCN. The van der Waals surface area contributed by atoms with E-state index in [1.165, 1.54) is 167 Å². The molecular formula is C77H134NO8P. The minimum Gasteiger partial charge on any atom is -0.462 e. The predicted molar refractivity (Wildman–Crippen MR) is 376 cm³/mol. The summed E-state index contributed by atoms with van der Waals surface area (Å²) in [5, 5.41) is 0. The Morgan fingerprint density at radius 2 is 0.632 bits per heavy atom. The van der Waals surface area contributed by atoms with Crippen molar-refractivity contribution in [3.8, 4) is 0 Å². The van der Waals surface area contributed by atoms with E-state index < -0.39 is 26.5 Å². The normalized spacial score (nSPS) is 13.7. The van der Waals surface area contributed by atoms with Crippen molar-refractivity contribution in [2.75, 3.05) is 26.4 Å². The minimum atomic E-state index is -4.41. The number of ether oxygens (including phenoxy) is 2. The highest BCUT2D eigenvalue weighted by Gasteiger charge is 2.26. The van der Waals surface area contributed by atoms with Crippen LogP contribution in [0.5, 0.6) is 0 Å². The van der Waals surface area contributed by atoms with Gasteiger partial charge in [-0.25, -0.2) is 4.57 Å². The van der Waals surface area contributed by atoms with Crippen LogP contribution in [0.3, 0.4) is 0 Å². The van der Waals surface area contributed by atoms with Gasteiger partial charge in [0, 0.05) is 19.4 Å². The zero-order valence-electron chi connectivity index (χ0n) is 56.2. The fourth-order valence-electron chi connectivity index (χ4n) is 10.1. The van der Waals surface area contributed by atoms with Crippen LogP contribution < -0.4 is 5.73 Å². The maximum Gasteiger partial charge on any atom is 0.472 e.